The van der Waals surface area contributed by atoms with Gasteiger partial charge in [0.2, 0.25) is 5.91 Å². The summed E-state index contributed by atoms with van der Waals surface area (Å²) in [5.41, 5.74) is 9.06. The number of hydrogen-bond acceptors (Lipinski definition) is 6. The molecule has 0 aliphatic rings. The van der Waals surface area contributed by atoms with E-state index in [1.165, 1.54) is 12.2 Å². The van der Waals surface area contributed by atoms with E-state index in [2.05, 4.69) is 15.3 Å². The van der Waals surface area contributed by atoms with Gasteiger partial charge >= 0.3 is 6.09 Å². The molecule has 10 heteroatoms. The maximum atomic E-state index is 13.9. The smallest absolute Gasteiger partial charge is 0.408 e. The summed E-state index contributed by atoms with van der Waals surface area (Å²) in [7, 11) is 1.39. The minimum absolute atomic E-state index is 0.134. The Morgan fingerprint density at radius 1 is 1.10 bits per heavy atom. The average Bonchev–Trinajstić information content (AvgIpc) is 3.35. The van der Waals surface area contributed by atoms with Gasteiger partial charge in [0.15, 0.2) is 0 Å². The molecule has 0 radical (unpaired) electrons. The number of nitrogens with one attached hydrogen (secondary N) is 2. The number of rotatable bonds is 9. The fourth-order valence-corrected chi connectivity index (χ4v) is 4.32. The number of ether oxygens (including phenoxy) is 1. The van der Waals surface area contributed by atoms with Gasteiger partial charge in [-0.2, -0.15) is 0 Å². The van der Waals surface area contributed by atoms with Gasteiger partial charge in [-0.1, -0.05) is 30.3 Å². The predicted molar refractivity (Wildman–Crippen MR) is 148 cm³/mol. The van der Waals surface area contributed by atoms with Crippen molar-refractivity contribution in [2.75, 3.05) is 7.11 Å². The molecule has 3 aromatic rings. The van der Waals surface area contributed by atoms with E-state index < -0.39 is 35.6 Å². The molecule has 3 rings (SSSR count). The monoisotopic (exact) mass is 535 g/mol. The lowest BCUT2D eigenvalue weighted by Crippen LogP contribution is -2.51. The van der Waals surface area contributed by atoms with Gasteiger partial charge in [0.05, 0.1) is 12.8 Å². The molecule has 0 spiro atoms. The second-order valence-electron chi connectivity index (χ2n) is 10.4. The summed E-state index contributed by atoms with van der Waals surface area (Å²) in [6, 6.07) is 11.3. The number of H-pyrrole nitrogens is 1. The van der Waals surface area contributed by atoms with E-state index in [9.17, 15) is 14.4 Å². The van der Waals surface area contributed by atoms with E-state index in [0.29, 0.717) is 11.4 Å². The number of primary amides is 1. The number of aryl methyl sites for hydroxylation is 2. The molecule has 2 atom stereocenters. The molecule has 1 aromatic heterocycles. The molecule has 0 saturated heterocycles. The first kappa shape index (κ1) is 29.4. The molecule has 0 aliphatic heterocycles. The van der Waals surface area contributed by atoms with E-state index in [1.54, 1.807) is 46.0 Å². The van der Waals surface area contributed by atoms with Crippen LogP contribution in [0.3, 0.4) is 0 Å². The highest BCUT2D eigenvalue weighted by Gasteiger charge is 2.33. The Kier molecular flexibility index (Phi) is 9.13. The van der Waals surface area contributed by atoms with Crippen LogP contribution in [0.25, 0.3) is 11.3 Å². The first-order valence-corrected chi connectivity index (χ1v) is 12.7. The van der Waals surface area contributed by atoms with Gasteiger partial charge in [-0.15, -0.1) is 0 Å². The molecule has 39 heavy (non-hydrogen) atoms. The zero-order chi connectivity index (χ0) is 28.9. The van der Waals surface area contributed by atoms with Crippen molar-refractivity contribution in [3.05, 3.63) is 76.7 Å². The number of hydroxylamine groups is 2. The minimum Gasteiger partial charge on any atom is -0.444 e. The number of amides is 3. The second-order valence-corrected chi connectivity index (χ2v) is 10.4. The summed E-state index contributed by atoms with van der Waals surface area (Å²) in [4.78, 5) is 51.7. The average molecular weight is 536 g/mol. The number of imidazole rings is 1. The lowest BCUT2D eigenvalue weighted by atomic mass is 9.93. The van der Waals surface area contributed by atoms with Crippen LogP contribution in [0, 0.1) is 13.8 Å². The molecule has 3 amide bonds. The van der Waals surface area contributed by atoms with Gasteiger partial charge in [-0.25, -0.2) is 14.8 Å². The van der Waals surface area contributed by atoms with Crippen molar-refractivity contribution in [2.24, 2.45) is 5.73 Å². The molecular formula is C29H37N5O5. The molecule has 0 aliphatic carbocycles. The lowest BCUT2D eigenvalue weighted by molar-refractivity contribution is -0.190. The van der Waals surface area contributed by atoms with Crippen LogP contribution in [-0.2, 0) is 20.8 Å². The third-order valence-electron chi connectivity index (χ3n) is 6.21. The van der Waals surface area contributed by atoms with Crippen LogP contribution < -0.4 is 11.1 Å². The van der Waals surface area contributed by atoms with Crippen LogP contribution in [-0.4, -0.2) is 51.7 Å². The molecule has 2 aromatic carbocycles. The summed E-state index contributed by atoms with van der Waals surface area (Å²) in [5, 5.41) is 3.89. The number of alkyl carbamates (subject to hydrolysis) is 1. The molecule has 208 valence electrons. The van der Waals surface area contributed by atoms with Crippen LogP contribution in [0.4, 0.5) is 4.79 Å². The number of aromatic amines is 1. The van der Waals surface area contributed by atoms with Crippen molar-refractivity contribution < 1.29 is 24.0 Å². The maximum Gasteiger partial charge on any atom is 0.408 e. The predicted octanol–water partition coefficient (Wildman–Crippen LogP) is 4.38. The first-order valence-electron chi connectivity index (χ1n) is 12.7. The SMILES string of the molecule is CON(C(=O)[C@H](Cc1c(C)cc(C(N)=O)cc1C)NC(=O)OC(C)(C)C)[C@@H](C)c1nc(-c2ccccc2)c[nH]1. The Bertz CT molecular complexity index is 1310. The summed E-state index contributed by atoms with van der Waals surface area (Å²) in [5.74, 6) is -0.524. The van der Waals surface area contributed by atoms with Crippen LogP contribution in [0.15, 0.2) is 48.7 Å². The first-order chi connectivity index (χ1) is 18.3. The Hall–Kier alpha value is -4.18. The number of carbonyl (C=O) groups is 3. The van der Waals surface area contributed by atoms with Crippen molar-refractivity contribution in [2.45, 2.75) is 65.6 Å². The van der Waals surface area contributed by atoms with Crippen molar-refractivity contribution in [1.29, 1.82) is 0 Å². The molecule has 10 nitrogen and oxygen atoms in total. The highest BCUT2D eigenvalue weighted by Crippen LogP contribution is 2.25. The second kappa shape index (κ2) is 12.1. The van der Waals surface area contributed by atoms with Gasteiger partial charge in [0, 0.05) is 23.7 Å². The minimum atomic E-state index is -1.04. The molecule has 4 N–H and O–H groups in total. The third-order valence-corrected chi connectivity index (χ3v) is 6.21. The van der Waals surface area contributed by atoms with Crippen molar-refractivity contribution in [3.63, 3.8) is 0 Å². The molecule has 0 unspecified atom stereocenters. The zero-order valence-electron chi connectivity index (χ0n) is 23.5. The number of carbonyl (C=O) groups excluding carboxylic acids is 3. The highest BCUT2D eigenvalue weighted by molar-refractivity contribution is 5.93. The zero-order valence-corrected chi connectivity index (χ0v) is 23.5. The summed E-state index contributed by atoms with van der Waals surface area (Å²) in [6.07, 6.45) is 1.16. The molecular weight excluding hydrogens is 498 g/mol. The van der Waals surface area contributed by atoms with Crippen molar-refractivity contribution in [3.8, 4) is 11.3 Å². The van der Waals surface area contributed by atoms with Gasteiger partial charge in [-0.05, 0) is 70.4 Å². The van der Waals surface area contributed by atoms with Crippen molar-refractivity contribution in [1.82, 2.24) is 20.3 Å². The van der Waals surface area contributed by atoms with Gasteiger partial charge in [0.1, 0.15) is 23.5 Å². The molecule has 0 bridgehead atoms. The molecule has 0 fully saturated rings. The van der Waals surface area contributed by atoms with E-state index in [0.717, 1.165) is 27.9 Å². The highest BCUT2D eigenvalue weighted by atomic mass is 16.7. The van der Waals surface area contributed by atoms with Gasteiger partial charge in [0.25, 0.3) is 5.91 Å². The van der Waals surface area contributed by atoms with Crippen molar-refractivity contribution >= 4 is 17.9 Å². The summed E-state index contributed by atoms with van der Waals surface area (Å²) in [6.45, 7) is 10.7. The van der Waals surface area contributed by atoms with Gasteiger partial charge in [-0.3, -0.25) is 14.4 Å². The fourth-order valence-electron chi connectivity index (χ4n) is 4.32. The molecule has 0 saturated carbocycles. The molecule has 1 heterocycles. The van der Waals surface area contributed by atoms with E-state index in [-0.39, 0.29) is 6.42 Å². The van der Waals surface area contributed by atoms with Crippen LogP contribution in [0.2, 0.25) is 0 Å². The number of aromatic nitrogens is 2. The van der Waals surface area contributed by atoms with E-state index >= 15 is 0 Å². The normalized spacial score (nSPS) is 12.9. The Labute approximate surface area is 228 Å². The quantitative estimate of drug-likeness (QED) is 0.348. The lowest BCUT2D eigenvalue weighted by Gasteiger charge is -2.30. The van der Waals surface area contributed by atoms with Crippen LogP contribution >= 0.6 is 0 Å². The van der Waals surface area contributed by atoms with Crippen LogP contribution in [0.1, 0.15) is 66.6 Å². The Balaban J connectivity index is 1.92. The number of nitrogens with two attached hydrogens (primary N) is 1. The third kappa shape index (κ3) is 7.44. The van der Waals surface area contributed by atoms with E-state index in [1.807, 2.05) is 44.2 Å². The standard InChI is InChI=1S/C29H37N5O5/c1-17-13-21(25(30)35)14-18(2)22(17)15-23(33-28(37)39-29(4,5)6)27(36)34(38-7)19(3)26-31-16-24(32-26)20-11-9-8-10-12-20/h8-14,16,19,23H,15H2,1-7H3,(H2,30,35)(H,31,32)(H,33,37)/t19-,23-/m0/s1. The number of hydrogen-bond donors (Lipinski definition) is 3. The number of nitrogens with zero attached hydrogens (tertiary/aromatic N) is 2. The number of benzene rings is 2. The Morgan fingerprint density at radius 2 is 1.72 bits per heavy atom. The summed E-state index contributed by atoms with van der Waals surface area (Å²) < 4.78 is 5.44. The largest absolute Gasteiger partial charge is 0.444 e. The maximum absolute atomic E-state index is 13.9. The van der Waals surface area contributed by atoms with Crippen LogP contribution in [0.5, 0.6) is 0 Å². The van der Waals surface area contributed by atoms with Gasteiger partial charge < -0.3 is 20.8 Å². The van der Waals surface area contributed by atoms with E-state index in [4.69, 9.17) is 15.3 Å². The summed E-state index contributed by atoms with van der Waals surface area (Å²) >= 11 is 0. The fraction of sp³-hybridized carbons (Fsp3) is 0.379. The Morgan fingerprint density at radius 3 is 2.26 bits per heavy atom. The topological polar surface area (TPSA) is 140 Å².